The quantitative estimate of drug-likeness (QED) is 0.687. The van der Waals surface area contributed by atoms with E-state index < -0.39 is 10.0 Å². The average molecular weight is 435 g/mol. The third-order valence-corrected chi connectivity index (χ3v) is 6.40. The molecule has 2 heterocycles. The van der Waals surface area contributed by atoms with Gasteiger partial charge in [-0.15, -0.1) is 0 Å². The SMILES string of the molecule is N#Cc1cccc(S(=O)(=O)N2CCN(C(=O)c3cccc(Br)n3)CC2)c1. The van der Waals surface area contributed by atoms with Crippen LogP contribution >= 0.6 is 15.9 Å². The number of nitrogens with zero attached hydrogens (tertiary/aromatic N) is 4. The molecule has 1 aliphatic heterocycles. The minimum atomic E-state index is -3.69. The summed E-state index contributed by atoms with van der Waals surface area (Å²) in [6.45, 7) is 0.951. The van der Waals surface area contributed by atoms with Gasteiger partial charge in [0.2, 0.25) is 10.0 Å². The van der Waals surface area contributed by atoms with Crippen LogP contribution < -0.4 is 0 Å². The molecule has 1 aromatic heterocycles. The van der Waals surface area contributed by atoms with Crippen molar-refractivity contribution in [2.75, 3.05) is 26.2 Å². The van der Waals surface area contributed by atoms with Crippen LogP contribution in [0.2, 0.25) is 0 Å². The number of carbonyl (C=O) groups excluding carboxylic acids is 1. The Labute approximate surface area is 160 Å². The summed E-state index contributed by atoms with van der Waals surface area (Å²) in [5.74, 6) is -0.227. The van der Waals surface area contributed by atoms with Crippen LogP contribution in [-0.2, 0) is 10.0 Å². The van der Waals surface area contributed by atoms with Crippen LogP contribution in [0.1, 0.15) is 16.1 Å². The highest BCUT2D eigenvalue weighted by Gasteiger charge is 2.30. The molecule has 1 aromatic carbocycles. The van der Waals surface area contributed by atoms with Crippen LogP contribution in [0.15, 0.2) is 52.0 Å². The Hall–Kier alpha value is -2.28. The molecule has 0 spiro atoms. The maximum atomic E-state index is 12.7. The van der Waals surface area contributed by atoms with Crippen LogP contribution in [-0.4, -0.2) is 54.7 Å². The molecule has 3 rings (SSSR count). The molecule has 1 saturated heterocycles. The molecule has 26 heavy (non-hydrogen) atoms. The molecule has 2 aromatic rings. The van der Waals surface area contributed by atoms with Gasteiger partial charge in [0.25, 0.3) is 5.91 Å². The number of pyridine rings is 1. The van der Waals surface area contributed by atoms with E-state index in [-0.39, 0.29) is 37.0 Å². The first-order chi connectivity index (χ1) is 12.4. The van der Waals surface area contributed by atoms with Crippen molar-refractivity contribution in [1.82, 2.24) is 14.2 Å². The Balaban J connectivity index is 1.71. The Morgan fingerprint density at radius 3 is 2.46 bits per heavy atom. The molecule has 1 fully saturated rings. The molecule has 1 amide bonds. The lowest BCUT2D eigenvalue weighted by molar-refractivity contribution is 0.0692. The third-order valence-electron chi connectivity index (χ3n) is 4.06. The smallest absolute Gasteiger partial charge is 0.272 e. The number of sulfonamides is 1. The fraction of sp³-hybridized carbons (Fsp3) is 0.235. The maximum Gasteiger partial charge on any atom is 0.272 e. The van der Waals surface area contributed by atoms with E-state index in [2.05, 4.69) is 20.9 Å². The number of rotatable bonds is 3. The summed E-state index contributed by atoms with van der Waals surface area (Å²) in [4.78, 5) is 18.3. The molecule has 0 radical (unpaired) electrons. The van der Waals surface area contributed by atoms with Crippen molar-refractivity contribution in [2.45, 2.75) is 4.90 Å². The number of halogens is 1. The van der Waals surface area contributed by atoms with Crippen molar-refractivity contribution < 1.29 is 13.2 Å². The summed E-state index contributed by atoms with van der Waals surface area (Å²) >= 11 is 3.24. The first kappa shape index (κ1) is 18.5. The first-order valence-electron chi connectivity index (χ1n) is 7.84. The second-order valence-corrected chi connectivity index (χ2v) is 8.43. The van der Waals surface area contributed by atoms with E-state index in [1.807, 2.05) is 6.07 Å². The molecule has 9 heteroatoms. The lowest BCUT2D eigenvalue weighted by Crippen LogP contribution is -2.50. The number of hydrogen-bond donors (Lipinski definition) is 0. The van der Waals surface area contributed by atoms with E-state index in [9.17, 15) is 13.2 Å². The number of hydrogen-bond acceptors (Lipinski definition) is 5. The number of piperazine rings is 1. The molecule has 1 aliphatic rings. The molecule has 7 nitrogen and oxygen atoms in total. The van der Waals surface area contributed by atoms with Crippen molar-refractivity contribution >= 4 is 31.9 Å². The van der Waals surface area contributed by atoms with Crippen molar-refractivity contribution in [1.29, 1.82) is 5.26 Å². The van der Waals surface area contributed by atoms with Gasteiger partial charge in [-0.1, -0.05) is 12.1 Å². The highest BCUT2D eigenvalue weighted by atomic mass is 79.9. The summed E-state index contributed by atoms with van der Waals surface area (Å²) in [7, 11) is -3.69. The minimum Gasteiger partial charge on any atom is -0.335 e. The zero-order chi connectivity index (χ0) is 18.7. The van der Waals surface area contributed by atoms with Gasteiger partial charge in [-0.25, -0.2) is 13.4 Å². The summed E-state index contributed by atoms with van der Waals surface area (Å²) in [6, 6.07) is 13.0. The molecule has 0 bridgehead atoms. The molecule has 0 atom stereocenters. The molecule has 0 aliphatic carbocycles. The number of amides is 1. The summed E-state index contributed by atoms with van der Waals surface area (Å²) in [5, 5.41) is 8.95. The van der Waals surface area contributed by atoms with Crippen molar-refractivity contribution in [3.05, 3.63) is 58.3 Å². The Morgan fingerprint density at radius 1 is 1.12 bits per heavy atom. The van der Waals surface area contributed by atoms with Crippen molar-refractivity contribution in [2.24, 2.45) is 0 Å². The maximum absolute atomic E-state index is 12.7. The van der Waals surface area contributed by atoms with Gasteiger partial charge in [0.05, 0.1) is 16.5 Å². The van der Waals surface area contributed by atoms with Crippen LogP contribution in [0, 0.1) is 11.3 Å². The highest BCUT2D eigenvalue weighted by molar-refractivity contribution is 9.10. The van der Waals surface area contributed by atoms with E-state index in [1.54, 1.807) is 35.2 Å². The van der Waals surface area contributed by atoms with Gasteiger partial charge in [-0.05, 0) is 46.3 Å². The van der Waals surface area contributed by atoms with E-state index in [0.29, 0.717) is 15.9 Å². The predicted octanol–water partition coefficient (Wildman–Crippen LogP) is 1.86. The van der Waals surface area contributed by atoms with Gasteiger partial charge in [0.15, 0.2) is 0 Å². The minimum absolute atomic E-state index is 0.0879. The summed E-state index contributed by atoms with van der Waals surface area (Å²) in [5.41, 5.74) is 0.609. The average Bonchev–Trinajstić information content (AvgIpc) is 2.67. The zero-order valence-electron chi connectivity index (χ0n) is 13.7. The third kappa shape index (κ3) is 3.77. The lowest BCUT2D eigenvalue weighted by Gasteiger charge is -2.33. The van der Waals surface area contributed by atoms with Crippen molar-refractivity contribution in [3.8, 4) is 6.07 Å². The first-order valence-corrected chi connectivity index (χ1v) is 10.1. The van der Waals surface area contributed by atoms with Crippen molar-refractivity contribution in [3.63, 3.8) is 0 Å². The Morgan fingerprint density at radius 2 is 1.81 bits per heavy atom. The second-order valence-electron chi connectivity index (χ2n) is 5.68. The predicted molar refractivity (Wildman–Crippen MR) is 97.8 cm³/mol. The Kier molecular flexibility index (Phi) is 5.36. The van der Waals surface area contributed by atoms with E-state index in [4.69, 9.17) is 5.26 Å². The van der Waals surface area contributed by atoms with Crippen LogP contribution in [0.5, 0.6) is 0 Å². The molecule has 0 saturated carbocycles. The fourth-order valence-corrected chi connectivity index (χ4v) is 4.51. The van der Waals surface area contributed by atoms with Gasteiger partial charge < -0.3 is 4.90 Å². The monoisotopic (exact) mass is 434 g/mol. The largest absolute Gasteiger partial charge is 0.335 e. The van der Waals surface area contributed by atoms with Gasteiger partial charge >= 0.3 is 0 Å². The van der Waals surface area contributed by atoms with Gasteiger partial charge in [0, 0.05) is 26.2 Å². The molecule has 134 valence electrons. The number of carbonyl (C=O) groups is 1. The number of benzene rings is 1. The van der Waals surface area contributed by atoms with Gasteiger partial charge in [-0.3, -0.25) is 4.79 Å². The number of nitriles is 1. The standard InChI is InChI=1S/C17H15BrN4O3S/c18-16-6-2-5-15(20-16)17(23)21-7-9-22(10-8-21)26(24,25)14-4-1-3-13(11-14)12-19/h1-6,11H,7-10H2. The van der Waals surface area contributed by atoms with E-state index in [0.717, 1.165) is 0 Å². The summed E-state index contributed by atoms with van der Waals surface area (Å²) < 4.78 is 27.4. The van der Waals surface area contributed by atoms with Crippen LogP contribution in [0.4, 0.5) is 0 Å². The summed E-state index contributed by atoms with van der Waals surface area (Å²) in [6.07, 6.45) is 0. The highest BCUT2D eigenvalue weighted by Crippen LogP contribution is 2.19. The second kappa shape index (κ2) is 7.53. The normalized spacial score (nSPS) is 15.5. The Bertz CT molecular complexity index is 979. The molecule has 0 N–H and O–H groups in total. The molecule has 0 unspecified atom stereocenters. The van der Waals surface area contributed by atoms with Crippen LogP contribution in [0.3, 0.4) is 0 Å². The lowest BCUT2D eigenvalue weighted by atomic mass is 10.2. The van der Waals surface area contributed by atoms with E-state index in [1.165, 1.54) is 16.4 Å². The van der Waals surface area contributed by atoms with Gasteiger partial charge in [-0.2, -0.15) is 9.57 Å². The van der Waals surface area contributed by atoms with Crippen LogP contribution in [0.25, 0.3) is 0 Å². The number of aromatic nitrogens is 1. The topological polar surface area (TPSA) is 94.4 Å². The zero-order valence-corrected chi connectivity index (χ0v) is 16.1. The van der Waals surface area contributed by atoms with Gasteiger partial charge in [0.1, 0.15) is 10.3 Å². The van der Waals surface area contributed by atoms with E-state index >= 15 is 0 Å². The molecular formula is C17H15BrN4O3S. The molecular weight excluding hydrogens is 420 g/mol. The fourth-order valence-electron chi connectivity index (χ4n) is 2.70.